The van der Waals surface area contributed by atoms with Crippen molar-refractivity contribution in [3.8, 4) is 18.0 Å². The summed E-state index contributed by atoms with van der Waals surface area (Å²) in [4.78, 5) is 12.1. The van der Waals surface area contributed by atoms with Gasteiger partial charge in [-0.15, -0.1) is 6.42 Å². The maximum absolute atomic E-state index is 12.9. The fraction of sp³-hybridized carbons (Fsp3) is 0.267. The van der Waals surface area contributed by atoms with Gasteiger partial charge in [0, 0.05) is 6.20 Å². The van der Waals surface area contributed by atoms with Gasteiger partial charge in [0.25, 0.3) is 5.56 Å². The Morgan fingerprint density at radius 3 is 2.24 bits per heavy atom. The molecular formula is C15H13F3N2O. The number of halogens is 3. The predicted octanol–water partition coefficient (Wildman–Crippen LogP) is 2.91. The number of benzene rings is 1. The molecule has 0 aliphatic heterocycles. The van der Waals surface area contributed by atoms with Crippen molar-refractivity contribution in [1.29, 1.82) is 0 Å². The van der Waals surface area contributed by atoms with Crippen molar-refractivity contribution in [3.63, 3.8) is 0 Å². The molecule has 0 bridgehead atoms. The zero-order chi connectivity index (χ0) is 15.8. The zero-order valence-corrected chi connectivity index (χ0v) is 11.5. The van der Waals surface area contributed by atoms with E-state index in [0.29, 0.717) is 5.69 Å². The smallest absolute Gasteiger partial charge is 0.273 e. The van der Waals surface area contributed by atoms with E-state index in [9.17, 15) is 18.0 Å². The van der Waals surface area contributed by atoms with E-state index in [0.717, 1.165) is 26.7 Å². The quantitative estimate of drug-likeness (QED) is 0.782. The van der Waals surface area contributed by atoms with Crippen molar-refractivity contribution in [1.82, 2.24) is 9.36 Å². The molecule has 2 rings (SSSR count). The van der Waals surface area contributed by atoms with Gasteiger partial charge >= 0.3 is 6.18 Å². The van der Waals surface area contributed by atoms with Crippen molar-refractivity contribution in [2.75, 3.05) is 0 Å². The summed E-state index contributed by atoms with van der Waals surface area (Å²) in [6.45, 7) is 3.49. The van der Waals surface area contributed by atoms with Gasteiger partial charge in [0.05, 0.1) is 12.2 Å². The lowest BCUT2D eigenvalue weighted by atomic mass is 10.1. The molecule has 0 N–H and O–H groups in total. The van der Waals surface area contributed by atoms with Crippen LogP contribution in [0.1, 0.15) is 16.7 Å². The van der Waals surface area contributed by atoms with E-state index in [4.69, 9.17) is 6.42 Å². The maximum atomic E-state index is 12.9. The van der Waals surface area contributed by atoms with Crippen molar-refractivity contribution < 1.29 is 13.2 Å². The monoisotopic (exact) mass is 294 g/mol. The van der Waals surface area contributed by atoms with E-state index in [2.05, 4.69) is 5.92 Å². The van der Waals surface area contributed by atoms with Crippen LogP contribution in [0.2, 0.25) is 0 Å². The summed E-state index contributed by atoms with van der Waals surface area (Å²) in [5, 5.41) is 0. The second kappa shape index (κ2) is 5.17. The lowest BCUT2D eigenvalue weighted by Crippen LogP contribution is -2.25. The second-order valence-electron chi connectivity index (χ2n) is 4.81. The largest absolute Gasteiger partial charge is 0.423 e. The first kappa shape index (κ1) is 15.0. The molecule has 1 aromatic carbocycles. The van der Waals surface area contributed by atoms with Gasteiger partial charge in [-0.05, 0) is 37.1 Å². The summed E-state index contributed by atoms with van der Waals surface area (Å²) >= 11 is 0. The van der Waals surface area contributed by atoms with Gasteiger partial charge in [0.15, 0.2) is 0 Å². The number of aryl methyl sites for hydroxylation is 2. The zero-order valence-electron chi connectivity index (χ0n) is 11.5. The van der Waals surface area contributed by atoms with Crippen LogP contribution in [0.5, 0.6) is 0 Å². The van der Waals surface area contributed by atoms with Gasteiger partial charge in [0.2, 0.25) is 0 Å². The molecule has 2 aromatic rings. The van der Waals surface area contributed by atoms with E-state index in [1.807, 2.05) is 6.07 Å². The molecule has 0 unspecified atom stereocenters. The summed E-state index contributed by atoms with van der Waals surface area (Å²) in [7, 11) is 0. The number of hydrogen-bond acceptors (Lipinski definition) is 1. The van der Waals surface area contributed by atoms with Crippen molar-refractivity contribution in [3.05, 3.63) is 51.4 Å². The number of terminal acetylenes is 1. The Bertz CT molecular complexity index is 755. The summed E-state index contributed by atoms with van der Waals surface area (Å²) in [6.07, 6.45) is 1.21. The highest BCUT2D eigenvalue weighted by molar-refractivity contribution is 5.39. The van der Waals surface area contributed by atoms with Crippen LogP contribution in [0, 0.1) is 26.2 Å². The average molecular weight is 294 g/mol. The minimum Gasteiger partial charge on any atom is -0.273 e. The van der Waals surface area contributed by atoms with Crippen molar-refractivity contribution in [2.24, 2.45) is 0 Å². The average Bonchev–Trinajstić information content (AvgIpc) is 2.65. The summed E-state index contributed by atoms with van der Waals surface area (Å²) in [6, 6.07) is 5.15. The summed E-state index contributed by atoms with van der Waals surface area (Å²) < 4.78 is 40.7. The third-order valence-corrected chi connectivity index (χ3v) is 2.97. The van der Waals surface area contributed by atoms with Crippen LogP contribution >= 0.6 is 0 Å². The predicted molar refractivity (Wildman–Crippen MR) is 73.3 cm³/mol. The molecular weight excluding hydrogens is 281 g/mol. The van der Waals surface area contributed by atoms with Gasteiger partial charge < -0.3 is 0 Å². The van der Waals surface area contributed by atoms with Crippen LogP contribution in [-0.2, 0) is 12.7 Å². The number of hydrogen-bond donors (Lipinski definition) is 0. The molecule has 6 heteroatoms. The molecule has 0 fully saturated rings. The number of nitrogens with zero attached hydrogens (tertiary/aromatic N) is 2. The molecule has 21 heavy (non-hydrogen) atoms. The van der Waals surface area contributed by atoms with Crippen molar-refractivity contribution >= 4 is 0 Å². The summed E-state index contributed by atoms with van der Waals surface area (Å²) in [5.74, 6) is 2.25. The van der Waals surface area contributed by atoms with Gasteiger partial charge in [-0.1, -0.05) is 12.0 Å². The van der Waals surface area contributed by atoms with Crippen LogP contribution < -0.4 is 5.56 Å². The lowest BCUT2D eigenvalue weighted by molar-refractivity contribution is -0.138. The highest BCUT2D eigenvalue weighted by atomic mass is 19.4. The standard InChI is InChI=1S/C15H13F3N2O/c1-4-5-19-9-13(15(16,17)18)14(21)20(19)12-7-10(2)6-11(3)8-12/h1,6-9H,5H2,2-3H3. The second-order valence-corrected chi connectivity index (χ2v) is 4.81. The van der Waals surface area contributed by atoms with Gasteiger partial charge in [0.1, 0.15) is 5.56 Å². The lowest BCUT2D eigenvalue weighted by Gasteiger charge is -2.10. The normalized spacial score (nSPS) is 11.4. The van der Waals surface area contributed by atoms with E-state index >= 15 is 0 Å². The maximum Gasteiger partial charge on any atom is 0.423 e. The van der Waals surface area contributed by atoms with Crippen LogP contribution in [0.25, 0.3) is 5.69 Å². The molecule has 0 atom stereocenters. The van der Waals surface area contributed by atoms with Crippen LogP contribution in [0.15, 0.2) is 29.2 Å². The number of aromatic nitrogens is 2. The molecule has 1 aromatic heterocycles. The van der Waals surface area contributed by atoms with Gasteiger partial charge in [-0.2, -0.15) is 13.2 Å². The summed E-state index contributed by atoms with van der Waals surface area (Å²) in [5.41, 5.74) is -0.291. The molecule has 110 valence electrons. The van der Waals surface area contributed by atoms with E-state index in [1.165, 1.54) is 0 Å². The van der Waals surface area contributed by atoms with E-state index in [1.54, 1.807) is 26.0 Å². The number of alkyl halides is 3. The first-order chi connectivity index (χ1) is 9.74. The van der Waals surface area contributed by atoms with Crippen LogP contribution in [0.4, 0.5) is 13.2 Å². The Morgan fingerprint density at radius 2 is 1.76 bits per heavy atom. The molecule has 0 saturated heterocycles. The molecule has 0 saturated carbocycles. The third kappa shape index (κ3) is 2.87. The highest BCUT2D eigenvalue weighted by Crippen LogP contribution is 2.27. The first-order valence-electron chi connectivity index (χ1n) is 6.16. The minimum absolute atomic E-state index is 0.127. The highest BCUT2D eigenvalue weighted by Gasteiger charge is 2.37. The molecule has 1 heterocycles. The van der Waals surface area contributed by atoms with Gasteiger partial charge in [-0.3, -0.25) is 9.48 Å². The first-order valence-corrected chi connectivity index (χ1v) is 6.16. The molecule has 0 aliphatic carbocycles. The molecule has 0 aliphatic rings. The molecule has 3 nitrogen and oxygen atoms in total. The van der Waals surface area contributed by atoms with E-state index in [-0.39, 0.29) is 6.54 Å². The minimum atomic E-state index is -4.71. The Morgan fingerprint density at radius 1 is 1.19 bits per heavy atom. The third-order valence-electron chi connectivity index (χ3n) is 2.97. The molecule has 0 radical (unpaired) electrons. The van der Waals surface area contributed by atoms with Crippen LogP contribution in [-0.4, -0.2) is 9.36 Å². The fourth-order valence-electron chi connectivity index (χ4n) is 2.24. The van der Waals surface area contributed by atoms with Crippen LogP contribution in [0.3, 0.4) is 0 Å². The number of rotatable bonds is 2. The van der Waals surface area contributed by atoms with Crippen molar-refractivity contribution in [2.45, 2.75) is 26.6 Å². The fourth-order valence-corrected chi connectivity index (χ4v) is 2.24. The Balaban J connectivity index is 2.75. The SMILES string of the molecule is C#CCn1cc(C(F)(F)F)c(=O)n1-c1cc(C)cc(C)c1. The molecule has 0 spiro atoms. The Hall–Kier alpha value is -2.42. The topological polar surface area (TPSA) is 26.9 Å². The Kier molecular flexibility index (Phi) is 3.69. The van der Waals surface area contributed by atoms with Gasteiger partial charge in [-0.25, -0.2) is 4.68 Å². The van der Waals surface area contributed by atoms with E-state index < -0.39 is 17.3 Å². The molecule has 0 amide bonds. The Labute approximate surface area is 119 Å².